The van der Waals surface area contributed by atoms with E-state index >= 15 is 0 Å². The number of esters is 2. The van der Waals surface area contributed by atoms with E-state index in [1.165, 1.54) is 0 Å². The zero-order valence-electron chi connectivity index (χ0n) is 15.4. The van der Waals surface area contributed by atoms with E-state index in [2.05, 4.69) is 5.32 Å². The van der Waals surface area contributed by atoms with Gasteiger partial charge in [-0.3, -0.25) is 14.4 Å². The summed E-state index contributed by atoms with van der Waals surface area (Å²) in [6.45, 7) is 3.53. The van der Waals surface area contributed by atoms with Crippen LogP contribution in [0.1, 0.15) is 35.8 Å². The fourth-order valence-corrected chi connectivity index (χ4v) is 2.67. The largest absolute Gasteiger partial charge is 0.465 e. The number of hydrogen-bond acceptors (Lipinski definition) is 5. The summed E-state index contributed by atoms with van der Waals surface area (Å²) in [5.41, 5.74) is 1.03. The van der Waals surface area contributed by atoms with Gasteiger partial charge in [-0.2, -0.15) is 0 Å². The molecule has 0 fully saturated rings. The summed E-state index contributed by atoms with van der Waals surface area (Å²) in [7, 11) is 0. The van der Waals surface area contributed by atoms with Gasteiger partial charge in [-0.25, -0.2) is 0 Å². The summed E-state index contributed by atoms with van der Waals surface area (Å²) in [6, 6.07) is 16.5. The van der Waals surface area contributed by atoms with Crippen molar-refractivity contribution >= 4 is 17.8 Å². The summed E-state index contributed by atoms with van der Waals surface area (Å²) in [4.78, 5) is 37.7. The first-order valence-electron chi connectivity index (χ1n) is 8.82. The van der Waals surface area contributed by atoms with Crippen molar-refractivity contribution in [3.05, 3.63) is 71.8 Å². The SMILES string of the molecule is CCOC(=O)C(C(=O)OCC)C(NC(=O)c1ccccc1)c1ccccc1. The number of rotatable bonds is 8. The Morgan fingerprint density at radius 3 is 1.78 bits per heavy atom. The fraction of sp³-hybridized carbons (Fsp3) is 0.286. The van der Waals surface area contributed by atoms with Crippen LogP contribution in [-0.4, -0.2) is 31.1 Å². The van der Waals surface area contributed by atoms with Crippen molar-refractivity contribution in [2.45, 2.75) is 19.9 Å². The van der Waals surface area contributed by atoms with Crippen LogP contribution in [0.2, 0.25) is 0 Å². The Balaban J connectivity index is 2.40. The Morgan fingerprint density at radius 1 is 0.815 bits per heavy atom. The van der Waals surface area contributed by atoms with Crippen molar-refractivity contribution in [1.29, 1.82) is 0 Å². The highest BCUT2D eigenvalue weighted by atomic mass is 16.6. The maximum atomic E-state index is 12.7. The molecule has 0 radical (unpaired) electrons. The molecule has 2 rings (SSSR count). The predicted molar refractivity (Wildman–Crippen MR) is 99.8 cm³/mol. The molecule has 0 saturated carbocycles. The summed E-state index contributed by atoms with van der Waals surface area (Å²) >= 11 is 0. The van der Waals surface area contributed by atoms with E-state index in [0.29, 0.717) is 11.1 Å². The highest BCUT2D eigenvalue weighted by molar-refractivity contribution is 5.99. The van der Waals surface area contributed by atoms with Crippen molar-refractivity contribution in [3.8, 4) is 0 Å². The van der Waals surface area contributed by atoms with Gasteiger partial charge >= 0.3 is 11.9 Å². The third kappa shape index (κ3) is 5.41. The lowest BCUT2D eigenvalue weighted by molar-refractivity contribution is -0.163. The van der Waals surface area contributed by atoms with Crippen molar-refractivity contribution < 1.29 is 23.9 Å². The first-order chi connectivity index (χ1) is 13.1. The predicted octanol–water partition coefficient (Wildman–Crippen LogP) is 2.90. The van der Waals surface area contributed by atoms with Crippen molar-refractivity contribution in [3.63, 3.8) is 0 Å². The minimum Gasteiger partial charge on any atom is -0.465 e. The molecule has 0 aliphatic rings. The highest BCUT2D eigenvalue weighted by Crippen LogP contribution is 2.25. The number of nitrogens with one attached hydrogen (secondary N) is 1. The maximum Gasteiger partial charge on any atom is 0.322 e. The topological polar surface area (TPSA) is 81.7 Å². The molecule has 2 aromatic rings. The summed E-state index contributed by atoms with van der Waals surface area (Å²) in [6.07, 6.45) is 0. The molecule has 0 aliphatic carbocycles. The van der Waals surface area contributed by atoms with Crippen LogP contribution >= 0.6 is 0 Å². The van der Waals surface area contributed by atoms with E-state index in [9.17, 15) is 14.4 Å². The number of amides is 1. The standard InChI is InChI=1S/C21H23NO5/c1-3-26-20(24)17(21(25)27-4-2)18(15-11-7-5-8-12-15)22-19(23)16-13-9-6-10-14-16/h5-14,17-18H,3-4H2,1-2H3,(H,22,23). The molecular formula is C21H23NO5. The lowest BCUT2D eigenvalue weighted by Crippen LogP contribution is -2.42. The molecule has 2 aromatic carbocycles. The molecule has 0 heterocycles. The molecule has 6 nitrogen and oxygen atoms in total. The van der Waals surface area contributed by atoms with Gasteiger partial charge < -0.3 is 14.8 Å². The van der Waals surface area contributed by atoms with Gasteiger partial charge in [0.25, 0.3) is 5.91 Å². The molecule has 1 unspecified atom stereocenters. The minimum absolute atomic E-state index is 0.114. The number of benzene rings is 2. The van der Waals surface area contributed by atoms with Crippen LogP contribution in [-0.2, 0) is 19.1 Å². The van der Waals surface area contributed by atoms with Gasteiger partial charge in [0.05, 0.1) is 19.3 Å². The molecule has 1 N–H and O–H groups in total. The molecule has 0 aromatic heterocycles. The lowest BCUT2D eigenvalue weighted by atomic mass is 9.92. The molecule has 0 bridgehead atoms. The molecule has 0 spiro atoms. The van der Waals surface area contributed by atoms with Gasteiger partial charge in [0.2, 0.25) is 0 Å². The zero-order valence-corrected chi connectivity index (χ0v) is 15.4. The smallest absolute Gasteiger partial charge is 0.322 e. The van der Waals surface area contributed by atoms with E-state index in [-0.39, 0.29) is 13.2 Å². The number of ether oxygens (including phenoxy) is 2. The van der Waals surface area contributed by atoms with Crippen LogP contribution < -0.4 is 5.32 Å². The second kappa shape index (κ2) is 10.1. The third-order valence-electron chi connectivity index (χ3n) is 3.90. The van der Waals surface area contributed by atoms with Gasteiger partial charge in [-0.1, -0.05) is 48.5 Å². The van der Waals surface area contributed by atoms with Gasteiger partial charge in [-0.15, -0.1) is 0 Å². The Bertz CT molecular complexity index is 743. The number of carbonyl (C=O) groups excluding carboxylic acids is 3. The van der Waals surface area contributed by atoms with E-state index in [1.54, 1.807) is 68.4 Å². The summed E-state index contributed by atoms with van der Waals surface area (Å²) < 4.78 is 10.1. The van der Waals surface area contributed by atoms with Gasteiger partial charge in [0.1, 0.15) is 0 Å². The van der Waals surface area contributed by atoms with Crippen LogP contribution in [0.25, 0.3) is 0 Å². The van der Waals surface area contributed by atoms with Crippen LogP contribution in [0.3, 0.4) is 0 Å². The number of carbonyl (C=O) groups is 3. The highest BCUT2D eigenvalue weighted by Gasteiger charge is 2.39. The van der Waals surface area contributed by atoms with E-state index in [0.717, 1.165) is 0 Å². The number of hydrogen-bond donors (Lipinski definition) is 1. The molecule has 0 saturated heterocycles. The molecule has 1 amide bonds. The van der Waals surface area contributed by atoms with Crippen LogP contribution in [0.5, 0.6) is 0 Å². The van der Waals surface area contributed by atoms with Gasteiger partial charge in [-0.05, 0) is 31.5 Å². The van der Waals surface area contributed by atoms with Gasteiger partial charge in [0, 0.05) is 5.56 Å². The second-order valence-electron chi connectivity index (χ2n) is 5.71. The summed E-state index contributed by atoms with van der Waals surface area (Å²) in [5, 5.41) is 2.79. The molecule has 0 aliphatic heterocycles. The normalized spacial score (nSPS) is 11.5. The van der Waals surface area contributed by atoms with E-state index in [4.69, 9.17) is 9.47 Å². The maximum absolute atomic E-state index is 12.7. The van der Waals surface area contributed by atoms with Crippen molar-refractivity contribution in [1.82, 2.24) is 5.32 Å². The Hall–Kier alpha value is -3.15. The molecule has 27 heavy (non-hydrogen) atoms. The van der Waals surface area contributed by atoms with Crippen molar-refractivity contribution in [2.24, 2.45) is 5.92 Å². The van der Waals surface area contributed by atoms with Crippen LogP contribution in [0.15, 0.2) is 60.7 Å². The lowest BCUT2D eigenvalue weighted by Gasteiger charge is -2.25. The second-order valence-corrected chi connectivity index (χ2v) is 5.71. The third-order valence-corrected chi connectivity index (χ3v) is 3.90. The Kier molecular flexibility index (Phi) is 7.55. The van der Waals surface area contributed by atoms with Crippen LogP contribution in [0.4, 0.5) is 0 Å². The monoisotopic (exact) mass is 369 g/mol. The Labute approximate surface area is 158 Å². The summed E-state index contributed by atoms with van der Waals surface area (Å²) in [5.74, 6) is -3.18. The average molecular weight is 369 g/mol. The average Bonchev–Trinajstić information content (AvgIpc) is 2.69. The molecule has 142 valence electrons. The molecule has 6 heteroatoms. The van der Waals surface area contributed by atoms with E-state index in [1.807, 2.05) is 6.07 Å². The minimum atomic E-state index is -1.31. The molecular weight excluding hydrogens is 346 g/mol. The molecule has 1 atom stereocenters. The zero-order chi connectivity index (χ0) is 19.6. The Morgan fingerprint density at radius 2 is 1.30 bits per heavy atom. The quantitative estimate of drug-likeness (QED) is 0.571. The first kappa shape index (κ1) is 20.2. The first-order valence-corrected chi connectivity index (χ1v) is 8.82. The van der Waals surface area contributed by atoms with E-state index < -0.39 is 29.8 Å². The van der Waals surface area contributed by atoms with Gasteiger partial charge in [0.15, 0.2) is 5.92 Å². The van der Waals surface area contributed by atoms with Crippen LogP contribution in [0, 0.1) is 5.92 Å². The van der Waals surface area contributed by atoms with Crippen molar-refractivity contribution in [2.75, 3.05) is 13.2 Å². The fourth-order valence-electron chi connectivity index (χ4n) is 2.67.